The average Bonchev–Trinajstić information content (AvgIpc) is 2.93. The van der Waals surface area contributed by atoms with Crippen molar-refractivity contribution in [3.8, 4) is 0 Å². The van der Waals surface area contributed by atoms with Crippen molar-refractivity contribution in [1.82, 2.24) is 15.3 Å². The predicted octanol–water partition coefficient (Wildman–Crippen LogP) is -0.113. The molecule has 0 bridgehead atoms. The highest BCUT2D eigenvalue weighted by molar-refractivity contribution is 6.06. The molecular formula is C12H13FN4O2. The Morgan fingerprint density at radius 3 is 2.53 bits per heavy atom. The van der Waals surface area contributed by atoms with E-state index in [9.17, 15) is 14.0 Å². The third-order valence-corrected chi connectivity index (χ3v) is 3.72. The van der Waals surface area contributed by atoms with Gasteiger partial charge >= 0.3 is 0 Å². The molecule has 3 rings (SSSR count). The molecule has 100 valence electrons. The normalized spacial score (nSPS) is 25.7. The van der Waals surface area contributed by atoms with Crippen molar-refractivity contribution >= 4 is 17.6 Å². The summed E-state index contributed by atoms with van der Waals surface area (Å²) in [6.45, 7) is 2.45. The lowest BCUT2D eigenvalue weighted by molar-refractivity contribution is -0.126. The highest BCUT2D eigenvalue weighted by atomic mass is 19.1. The fraction of sp³-hybridized carbons (Fsp3) is 0.500. The van der Waals surface area contributed by atoms with Gasteiger partial charge in [-0.1, -0.05) is 6.92 Å². The average molecular weight is 264 g/mol. The van der Waals surface area contributed by atoms with E-state index in [0.717, 1.165) is 0 Å². The minimum atomic E-state index is -0.460. The van der Waals surface area contributed by atoms with E-state index in [0.29, 0.717) is 25.2 Å². The second-order valence-corrected chi connectivity index (χ2v) is 4.78. The largest absolute Gasteiger partial charge is 0.352 e. The van der Waals surface area contributed by atoms with E-state index in [1.54, 1.807) is 4.90 Å². The first-order valence-electron chi connectivity index (χ1n) is 6.20. The summed E-state index contributed by atoms with van der Waals surface area (Å²) in [6, 6.07) is 0. The van der Waals surface area contributed by atoms with Gasteiger partial charge in [0.1, 0.15) is 6.33 Å². The summed E-state index contributed by atoms with van der Waals surface area (Å²) in [5.74, 6) is -1.62. The van der Waals surface area contributed by atoms with E-state index in [4.69, 9.17) is 0 Å². The molecule has 2 aliphatic rings. The fourth-order valence-electron chi connectivity index (χ4n) is 2.68. The lowest BCUT2D eigenvalue weighted by Crippen LogP contribution is -2.32. The van der Waals surface area contributed by atoms with Gasteiger partial charge in [0, 0.05) is 13.1 Å². The van der Waals surface area contributed by atoms with Gasteiger partial charge in [0.2, 0.25) is 11.8 Å². The van der Waals surface area contributed by atoms with Crippen molar-refractivity contribution in [2.45, 2.75) is 13.3 Å². The zero-order valence-electron chi connectivity index (χ0n) is 10.4. The number of amides is 2. The first-order chi connectivity index (χ1) is 9.11. The van der Waals surface area contributed by atoms with E-state index < -0.39 is 17.7 Å². The SMILES string of the molecule is CCc1ncnc(N2CC3C(=O)NC(=O)C3C2)c1F. The summed E-state index contributed by atoms with van der Waals surface area (Å²) < 4.78 is 14.1. The Balaban J connectivity index is 1.90. The Labute approximate surface area is 109 Å². The van der Waals surface area contributed by atoms with Gasteiger partial charge in [-0.05, 0) is 6.42 Å². The van der Waals surface area contributed by atoms with Crippen molar-refractivity contribution in [2.24, 2.45) is 11.8 Å². The zero-order valence-corrected chi connectivity index (χ0v) is 10.4. The molecule has 2 fully saturated rings. The number of imide groups is 1. The molecule has 1 aromatic rings. The van der Waals surface area contributed by atoms with Gasteiger partial charge < -0.3 is 4.90 Å². The van der Waals surface area contributed by atoms with E-state index in [1.165, 1.54) is 6.33 Å². The lowest BCUT2D eigenvalue weighted by atomic mass is 10.00. The van der Waals surface area contributed by atoms with Gasteiger partial charge in [0.25, 0.3) is 0 Å². The number of rotatable bonds is 2. The summed E-state index contributed by atoms with van der Waals surface area (Å²) in [5, 5.41) is 2.30. The molecule has 2 saturated heterocycles. The standard InChI is InChI=1S/C12H13FN4O2/c1-2-8-9(13)10(15-5-14-8)17-3-6-7(4-17)12(19)16-11(6)18/h5-7H,2-4H2,1H3,(H,16,18,19). The maximum Gasteiger partial charge on any atom is 0.232 e. The number of hydrogen-bond donors (Lipinski definition) is 1. The molecule has 0 saturated carbocycles. The van der Waals surface area contributed by atoms with Crippen LogP contribution in [0.15, 0.2) is 6.33 Å². The minimum absolute atomic E-state index is 0.182. The number of nitrogens with zero attached hydrogens (tertiary/aromatic N) is 3. The molecule has 2 atom stereocenters. The number of carbonyl (C=O) groups is 2. The molecule has 0 radical (unpaired) electrons. The number of halogens is 1. The molecule has 0 spiro atoms. The molecule has 7 heteroatoms. The van der Waals surface area contributed by atoms with Crippen molar-refractivity contribution in [1.29, 1.82) is 0 Å². The van der Waals surface area contributed by atoms with E-state index >= 15 is 0 Å². The summed E-state index contributed by atoms with van der Waals surface area (Å²) in [7, 11) is 0. The predicted molar refractivity (Wildman–Crippen MR) is 63.7 cm³/mol. The molecular weight excluding hydrogens is 251 g/mol. The van der Waals surface area contributed by atoms with Gasteiger partial charge in [-0.15, -0.1) is 0 Å². The molecule has 2 amide bonds. The number of aromatic nitrogens is 2. The smallest absolute Gasteiger partial charge is 0.232 e. The van der Waals surface area contributed by atoms with E-state index in [2.05, 4.69) is 15.3 Å². The van der Waals surface area contributed by atoms with Gasteiger partial charge in [-0.3, -0.25) is 14.9 Å². The second-order valence-electron chi connectivity index (χ2n) is 4.78. The van der Waals surface area contributed by atoms with Crippen LogP contribution in [0.3, 0.4) is 0 Å². The van der Waals surface area contributed by atoms with Gasteiger partial charge in [-0.25, -0.2) is 14.4 Å². The molecule has 2 aliphatic heterocycles. The zero-order chi connectivity index (χ0) is 13.6. The van der Waals surface area contributed by atoms with Gasteiger partial charge in [-0.2, -0.15) is 0 Å². The molecule has 6 nitrogen and oxygen atoms in total. The second kappa shape index (κ2) is 4.25. The van der Waals surface area contributed by atoms with Crippen LogP contribution in [-0.2, 0) is 16.0 Å². The molecule has 2 unspecified atom stereocenters. The van der Waals surface area contributed by atoms with Crippen LogP contribution in [-0.4, -0.2) is 34.9 Å². The van der Waals surface area contributed by atoms with Crippen molar-refractivity contribution in [2.75, 3.05) is 18.0 Å². The van der Waals surface area contributed by atoms with E-state index in [1.807, 2.05) is 6.92 Å². The number of nitrogens with one attached hydrogen (secondary N) is 1. The van der Waals surface area contributed by atoms with Crippen LogP contribution in [0.5, 0.6) is 0 Å². The van der Waals surface area contributed by atoms with Crippen LogP contribution >= 0.6 is 0 Å². The van der Waals surface area contributed by atoms with Gasteiger partial charge in [0.05, 0.1) is 17.5 Å². The number of anilines is 1. The lowest BCUT2D eigenvalue weighted by Gasteiger charge is -2.19. The van der Waals surface area contributed by atoms with Crippen LogP contribution in [0.4, 0.5) is 10.2 Å². The monoisotopic (exact) mass is 264 g/mol. The molecule has 1 N–H and O–H groups in total. The van der Waals surface area contributed by atoms with Gasteiger partial charge in [0.15, 0.2) is 11.6 Å². The first kappa shape index (κ1) is 12.0. The number of aryl methyl sites for hydroxylation is 1. The Morgan fingerprint density at radius 1 is 1.32 bits per heavy atom. The maximum absolute atomic E-state index is 14.1. The molecule has 3 heterocycles. The summed E-state index contributed by atoms with van der Waals surface area (Å²) in [5.41, 5.74) is 0.345. The van der Waals surface area contributed by atoms with Crippen molar-refractivity contribution < 1.29 is 14.0 Å². The molecule has 19 heavy (non-hydrogen) atoms. The molecule has 0 aliphatic carbocycles. The Bertz CT molecular complexity index is 541. The van der Waals surface area contributed by atoms with Crippen molar-refractivity contribution in [3.63, 3.8) is 0 Å². The van der Waals surface area contributed by atoms with E-state index in [-0.39, 0.29) is 17.6 Å². The Hall–Kier alpha value is -2.05. The minimum Gasteiger partial charge on any atom is -0.352 e. The molecule has 1 aromatic heterocycles. The highest BCUT2D eigenvalue weighted by Crippen LogP contribution is 2.32. The Kier molecular flexibility index (Phi) is 2.69. The topological polar surface area (TPSA) is 75.2 Å². The summed E-state index contributed by atoms with van der Waals surface area (Å²) in [6.07, 6.45) is 1.79. The fourth-order valence-corrected chi connectivity index (χ4v) is 2.68. The number of hydrogen-bond acceptors (Lipinski definition) is 5. The molecule has 0 aromatic carbocycles. The van der Waals surface area contributed by atoms with Crippen LogP contribution in [0.25, 0.3) is 0 Å². The summed E-state index contributed by atoms with van der Waals surface area (Å²) in [4.78, 5) is 32.6. The van der Waals surface area contributed by atoms with Crippen LogP contribution in [0.2, 0.25) is 0 Å². The van der Waals surface area contributed by atoms with Crippen LogP contribution in [0.1, 0.15) is 12.6 Å². The highest BCUT2D eigenvalue weighted by Gasteiger charge is 2.48. The number of carbonyl (C=O) groups excluding carboxylic acids is 2. The van der Waals surface area contributed by atoms with Crippen LogP contribution in [0, 0.1) is 17.7 Å². The number of fused-ring (bicyclic) bond motifs is 1. The van der Waals surface area contributed by atoms with Crippen LogP contribution < -0.4 is 10.2 Å². The third kappa shape index (κ3) is 1.76. The maximum atomic E-state index is 14.1. The van der Waals surface area contributed by atoms with Crippen molar-refractivity contribution in [3.05, 3.63) is 17.8 Å². The third-order valence-electron chi connectivity index (χ3n) is 3.72. The summed E-state index contributed by atoms with van der Waals surface area (Å²) >= 11 is 0. The Morgan fingerprint density at radius 2 is 1.95 bits per heavy atom. The first-order valence-corrected chi connectivity index (χ1v) is 6.20. The quantitative estimate of drug-likeness (QED) is 0.754.